The Hall–Kier alpha value is -1.89. The van der Waals surface area contributed by atoms with Crippen molar-refractivity contribution in [1.82, 2.24) is 4.98 Å². The standard InChI is InChI=1S/C13H19N3O4/c1-2-14-12-7-6-11(16(17)18)13(15-12)20-9-10-5-3-4-8-19-10/h6-7,10H,2-5,8-9H2,1H3,(H,14,15). The highest BCUT2D eigenvalue weighted by Crippen LogP contribution is 2.27. The van der Waals surface area contributed by atoms with Gasteiger partial charge in [-0.15, -0.1) is 0 Å². The molecular weight excluding hydrogens is 262 g/mol. The largest absolute Gasteiger partial charge is 0.470 e. The SMILES string of the molecule is CCNc1ccc([N+](=O)[O-])c(OCC2CCCCO2)n1. The summed E-state index contributed by atoms with van der Waals surface area (Å²) in [5.41, 5.74) is -0.123. The monoisotopic (exact) mass is 281 g/mol. The predicted molar refractivity (Wildman–Crippen MR) is 74.1 cm³/mol. The Morgan fingerprint density at radius 2 is 2.40 bits per heavy atom. The summed E-state index contributed by atoms with van der Waals surface area (Å²) in [7, 11) is 0. The lowest BCUT2D eigenvalue weighted by Crippen LogP contribution is -2.26. The number of nitrogens with one attached hydrogen (secondary N) is 1. The van der Waals surface area contributed by atoms with E-state index in [0.29, 0.717) is 19.0 Å². The number of nitro groups is 1. The van der Waals surface area contributed by atoms with Crippen molar-refractivity contribution in [1.29, 1.82) is 0 Å². The number of pyridine rings is 1. The number of nitrogens with zero attached hydrogens (tertiary/aromatic N) is 2. The zero-order valence-electron chi connectivity index (χ0n) is 11.5. The van der Waals surface area contributed by atoms with E-state index in [4.69, 9.17) is 9.47 Å². The maximum atomic E-state index is 11.0. The zero-order valence-corrected chi connectivity index (χ0v) is 11.5. The average Bonchev–Trinajstić information content (AvgIpc) is 2.46. The van der Waals surface area contributed by atoms with Gasteiger partial charge in [-0.1, -0.05) is 0 Å². The molecule has 1 aliphatic rings. The number of aromatic nitrogens is 1. The predicted octanol–water partition coefficient (Wildman–Crippen LogP) is 2.37. The van der Waals surface area contributed by atoms with E-state index in [0.717, 1.165) is 25.9 Å². The molecule has 0 radical (unpaired) electrons. The first-order chi connectivity index (χ1) is 9.70. The molecule has 2 rings (SSSR count). The second kappa shape index (κ2) is 7.04. The Bertz CT molecular complexity index is 461. The Morgan fingerprint density at radius 3 is 3.05 bits per heavy atom. The lowest BCUT2D eigenvalue weighted by molar-refractivity contribution is -0.386. The number of hydrogen-bond donors (Lipinski definition) is 1. The maximum Gasteiger partial charge on any atom is 0.331 e. The first-order valence-corrected chi connectivity index (χ1v) is 6.84. The summed E-state index contributed by atoms with van der Waals surface area (Å²) in [5, 5.41) is 14.0. The molecule has 2 heterocycles. The third kappa shape index (κ3) is 3.80. The van der Waals surface area contributed by atoms with Crippen LogP contribution < -0.4 is 10.1 Å². The molecule has 7 heteroatoms. The van der Waals surface area contributed by atoms with Crippen LogP contribution in [0, 0.1) is 10.1 Å². The normalized spacial score (nSPS) is 18.6. The van der Waals surface area contributed by atoms with Gasteiger partial charge in [0.15, 0.2) is 0 Å². The molecule has 0 aliphatic carbocycles. The fourth-order valence-electron chi connectivity index (χ4n) is 2.07. The zero-order chi connectivity index (χ0) is 14.4. The van der Waals surface area contributed by atoms with Crippen LogP contribution in [0.15, 0.2) is 12.1 Å². The van der Waals surface area contributed by atoms with E-state index in [1.54, 1.807) is 6.07 Å². The lowest BCUT2D eigenvalue weighted by Gasteiger charge is -2.22. The van der Waals surface area contributed by atoms with E-state index in [9.17, 15) is 10.1 Å². The van der Waals surface area contributed by atoms with Crippen molar-refractivity contribution in [3.05, 3.63) is 22.2 Å². The summed E-state index contributed by atoms with van der Waals surface area (Å²) in [6, 6.07) is 2.98. The van der Waals surface area contributed by atoms with Crippen LogP contribution >= 0.6 is 0 Å². The van der Waals surface area contributed by atoms with Crippen LogP contribution in [0.25, 0.3) is 0 Å². The molecule has 0 bridgehead atoms. The summed E-state index contributed by atoms with van der Waals surface area (Å²) >= 11 is 0. The molecule has 110 valence electrons. The Labute approximate surface area is 117 Å². The minimum Gasteiger partial charge on any atom is -0.470 e. The van der Waals surface area contributed by atoms with Crippen molar-refractivity contribution in [3.8, 4) is 5.88 Å². The van der Waals surface area contributed by atoms with Crippen molar-refractivity contribution in [2.24, 2.45) is 0 Å². The van der Waals surface area contributed by atoms with E-state index >= 15 is 0 Å². The summed E-state index contributed by atoms with van der Waals surface area (Å²) in [6.45, 7) is 3.64. The number of rotatable bonds is 6. The van der Waals surface area contributed by atoms with Crippen LogP contribution in [0.3, 0.4) is 0 Å². The van der Waals surface area contributed by atoms with E-state index in [-0.39, 0.29) is 17.7 Å². The van der Waals surface area contributed by atoms with E-state index in [1.165, 1.54) is 6.07 Å². The second-order valence-corrected chi connectivity index (χ2v) is 4.61. The van der Waals surface area contributed by atoms with Gasteiger partial charge in [-0.05, 0) is 32.3 Å². The van der Waals surface area contributed by atoms with Crippen molar-refractivity contribution in [3.63, 3.8) is 0 Å². The highest BCUT2D eigenvalue weighted by atomic mass is 16.6. The molecule has 1 unspecified atom stereocenters. The number of anilines is 1. The van der Waals surface area contributed by atoms with Gasteiger partial charge in [0.25, 0.3) is 5.88 Å². The topological polar surface area (TPSA) is 86.5 Å². The smallest absolute Gasteiger partial charge is 0.331 e. The molecule has 0 spiro atoms. The van der Waals surface area contributed by atoms with Gasteiger partial charge in [0.05, 0.1) is 11.0 Å². The van der Waals surface area contributed by atoms with Crippen molar-refractivity contribution in [2.75, 3.05) is 25.1 Å². The van der Waals surface area contributed by atoms with Gasteiger partial charge in [0.1, 0.15) is 12.4 Å². The summed E-state index contributed by atoms with van der Waals surface area (Å²) in [6.07, 6.45) is 3.07. The molecule has 0 amide bonds. The molecule has 1 N–H and O–H groups in total. The van der Waals surface area contributed by atoms with Crippen LogP contribution in [0.4, 0.5) is 11.5 Å². The molecule has 1 atom stereocenters. The quantitative estimate of drug-likeness (QED) is 0.636. The summed E-state index contributed by atoms with van der Waals surface area (Å²) in [4.78, 5) is 14.6. The third-order valence-corrected chi connectivity index (χ3v) is 3.07. The van der Waals surface area contributed by atoms with Gasteiger partial charge in [-0.2, -0.15) is 4.98 Å². The maximum absolute atomic E-state index is 11.0. The fraction of sp³-hybridized carbons (Fsp3) is 0.615. The molecule has 1 aliphatic heterocycles. The van der Waals surface area contributed by atoms with Crippen LogP contribution in [0.2, 0.25) is 0 Å². The third-order valence-electron chi connectivity index (χ3n) is 3.07. The Balaban J connectivity index is 2.06. The summed E-state index contributed by atoms with van der Waals surface area (Å²) < 4.78 is 11.0. The van der Waals surface area contributed by atoms with E-state index in [1.807, 2.05) is 6.92 Å². The Kier molecular flexibility index (Phi) is 5.11. The molecule has 1 aromatic rings. The van der Waals surface area contributed by atoms with E-state index < -0.39 is 4.92 Å². The van der Waals surface area contributed by atoms with Crippen LogP contribution in [-0.4, -0.2) is 35.8 Å². The van der Waals surface area contributed by atoms with Crippen molar-refractivity contribution >= 4 is 11.5 Å². The van der Waals surface area contributed by atoms with Crippen LogP contribution in [-0.2, 0) is 4.74 Å². The molecule has 0 aromatic carbocycles. The minimum atomic E-state index is -0.486. The fourth-order valence-corrected chi connectivity index (χ4v) is 2.07. The average molecular weight is 281 g/mol. The van der Waals surface area contributed by atoms with Gasteiger partial charge < -0.3 is 14.8 Å². The first-order valence-electron chi connectivity index (χ1n) is 6.84. The molecule has 7 nitrogen and oxygen atoms in total. The van der Waals surface area contributed by atoms with Gasteiger partial charge in [-0.3, -0.25) is 10.1 Å². The van der Waals surface area contributed by atoms with Gasteiger partial charge in [0.2, 0.25) is 0 Å². The number of ether oxygens (including phenoxy) is 2. The highest BCUT2D eigenvalue weighted by Gasteiger charge is 2.20. The van der Waals surface area contributed by atoms with Crippen LogP contribution in [0.1, 0.15) is 26.2 Å². The lowest BCUT2D eigenvalue weighted by atomic mass is 10.1. The molecule has 1 aromatic heterocycles. The first kappa shape index (κ1) is 14.5. The second-order valence-electron chi connectivity index (χ2n) is 4.61. The van der Waals surface area contributed by atoms with Crippen molar-refractivity contribution in [2.45, 2.75) is 32.3 Å². The molecule has 0 saturated carbocycles. The highest BCUT2D eigenvalue weighted by molar-refractivity contribution is 5.49. The van der Waals surface area contributed by atoms with E-state index in [2.05, 4.69) is 10.3 Å². The van der Waals surface area contributed by atoms with Gasteiger partial charge in [-0.25, -0.2) is 0 Å². The minimum absolute atomic E-state index is 0.00653. The molecule has 20 heavy (non-hydrogen) atoms. The summed E-state index contributed by atoms with van der Waals surface area (Å²) in [5.74, 6) is 0.611. The van der Waals surface area contributed by atoms with Gasteiger partial charge >= 0.3 is 5.69 Å². The van der Waals surface area contributed by atoms with Gasteiger partial charge in [0, 0.05) is 19.2 Å². The molecular formula is C13H19N3O4. The molecule has 1 fully saturated rings. The van der Waals surface area contributed by atoms with Crippen LogP contribution in [0.5, 0.6) is 5.88 Å². The van der Waals surface area contributed by atoms with Crippen molar-refractivity contribution < 1.29 is 14.4 Å². The Morgan fingerprint density at radius 1 is 1.55 bits per heavy atom. The number of hydrogen-bond acceptors (Lipinski definition) is 6. The molecule has 1 saturated heterocycles.